The van der Waals surface area contributed by atoms with Gasteiger partial charge in [0.1, 0.15) is 0 Å². The predicted octanol–water partition coefficient (Wildman–Crippen LogP) is 4.57. The maximum Gasteiger partial charge on any atom is 0.319 e. The Morgan fingerprint density at radius 1 is 1.08 bits per heavy atom. The summed E-state index contributed by atoms with van der Waals surface area (Å²) in [6.07, 6.45) is 0. The Labute approximate surface area is 161 Å². The normalized spacial score (nSPS) is 16.8. The number of urea groups is 1. The zero-order valence-corrected chi connectivity index (χ0v) is 15.7. The van der Waals surface area contributed by atoms with Crippen LogP contribution in [0, 0.1) is 6.92 Å². The Kier molecular flexibility index (Phi) is 5.20. The highest BCUT2D eigenvalue weighted by Gasteiger charge is 2.32. The molecule has 134 valence electrons. The van der Waals surface area contributed by atoms with Crippen molar-refractivity contribution in [3.63, 3.8) is 0 Å². The quantitative estimate of drug-likeness (QED) is 0.719. The molecule has 0 aromatic heterocycles. The summed E-state index contributed by atoms with van der Waals surface area (Å²) < 4.78 is 0. The molecule has 0 saturated carbocycles. The highest BCUT2D eigenvalue weighted by atomic mass is 35.5. The van der Waals surface area contributed by atoms with Gasteiger partial charge in [0.25, 0.3) is 5.91 Å². The standard InChI is InChI=1S/C19H17Cl2N3O2/c1-10-7-8-12(9-15(10)21)23-18(25)16-11(2)22-19(26)24-17(16)13-5-3-4-6-14(13)20/h3-9,17H,1-2H3,(H,23,25)(H2,22,24,26)/t17-/m0/s1. The first-order valence-corrected chi connectivity index (χ1v) is 8.72. The Hall–Kier alpha value is -2.50. The number of hydrogen-bond donors (Lipinski definition) is 3. The highest BCUT2D eigenvalue weighted by Crippen LogP contribution is 2.32. The molecule has 0 unspecified atom stereocenters. The number of halogens is 2. The summed E-state index contributed by atoms with van der Waals surface area (Å²) in [6.45, 7) is 3.56. The third-order valence-corrected chi connectivity index (χ3v) is 4.91. The lowest BCUT2D eigenvalue weighted by Crippen LogP contribution is -2.46. The van der Waals surface area contributed by atoms with Crippen molar-refractivity contribution in [1.82, 2.24) is 10.6 Å². The second kappa shape index (κ2) is 7.40. The molecule has 3 amide bonds. The maximum atomic E-state index is 12.9. The van der Waals surface area contributed by atoms with Crippen LogP contribution in [0.1, 0.15) is 24.1 Å². The van der Waals surface area contributed by atoms with E-state index in [4.69, 9.17) is 23.2 Å². The van der Waals surface area contributed by atoms with Gasteiger partial charge in [0.15, 0.2) is 0 Å². The van der Waals surface area contributed by atoms with Crippen LogP contribution in [0.2, 0.25) is 10.0 Å². The van der Waals surface area contributed by atoms with Gasteiger partial charge in [-0.15, -0.1) is 0 Å². The molecular weight excluding hydrogens is 373 g/mol. The van der Waals surface area contributed by atoms with Gasteiger partial charge >= 0.3 is 6.03 Å². The fourth-order valence-electron chi connectivity index (χ4n) is 2.81. The molecule has 7 heteroatoms. The summed E-state index contributed by atoms with van der Waals surface area (Å²) >= 11 is 12.4. The number of anilines is 1. The van der Waals surface area contributed by atoms with Crippen molar-refractivity contribution in [2.24, 2.45) is 0 Å². The number of allylic oxidation sites excluding steroid dienone is 1. The number of carbonyl (C=O) groups excluding carboxylic acids is 2. The molecule has 3 rings (SSSR count). The lowest BCUT2D eigenvalue weighted by molar-refractivity contribution is -0.113. The summed E-state index contributed by atoms with van der Waals surface area (Å²) in [4.78, 5) is 24.9. The molecule has 1 atom stereocenters. The minimum absolute atomic E-state index is 0.347. The topological polar surface area (TPSA) is 70.2 Å². The first-order chi connectivity index (χ1) is 12.4. The van der Waals surface area contributed by atoms with Gasteiger partial charge in [-0.25, -0.2) is 4.79 Å². The zero-order valence-electron chi connectivity index (χ0n) is 14.2. The second-order valence-corrected chi connectivity index (χ2v) is 6.82. The minimum Gasteiger partial charge on any atom is -0.327 e. The average Bonchev–Trinajstić information content (AvgIpc) is 2.57. The molecule has 0 spiro atoms. The summed E-state index contributed by atoms with van der Waals surface area (Å²) in [5.41, 5.74) is 2.99. The van der Waals surface area contributed by atoms with Crippen molar-refractivity contribution in [2.75, 3.05) is 5.32 Å². The van der Waals surface area contributed by atoms with Crippen LogP contribution in [0.5, 0.6) is 0 Å². The van der Waals surface area contributed by atoms with E-state index in [-0.39, 0.29) is 11.9 Å². The molecule has 2 aromatic rings. The molecule has 2 aromatic carbocycles. The number of carbonyl (C=O) groups is 2. The number of benzene rings is 2. The molecule has 3 N–H and O–H groups in total. The Morgan fingerprint density at radius 3 is 2.50 bits per heavy atom. The van der Waals surface area contributed by atoms with E-state index in [0.29, 0.717) is 32.6 Å². The summed E-state index contributed by atoms with van der Waals surface area (Å²) in [6, 6.07) is 11.3. The van der Waals surface area contributed by atoms with Crippen molar-refractivity contribution in [3.8, 4) is 0 Å². The molecule has 0 saturated heterocycles. The Bertz CT molecular complexity index is 925. The first-order valence-electron chi connectivity index (χ1n) is 7.97. The van der Waals surface area contributed by atoms with E-state index in [0.717, 1.165) is 5.56 Å². The molecule has 1 aliphatic heterocycles. The van der Waals surface area contributed by atoms with Crippen LogP contribution in [-0.4, -0.2) is 11.9 Å². The number of amides is 3. The van der Waals surface area contributed by atoms with Gasteiger partial charge in [0, 0.05) is 21.4 Å². The van der Waals surface area contributed by atoms with E-state index >= 15 is 0 Å². The molecule has 26 heavy (non-hydrogen) atoms. The molecule has 0 aliphatic carbocycles. The van der Waals surface area contributed by atoms with Gasteiger partial charge in [-0.2, -0.15) is 0 Å². The van der Waals surface area contributed by atoms with Gasteiger partial charge in [-0.05, 0) is 43.2 Å². The lowest BCUT2D eigenvalue weighted by Gasteiger charge is -2.29. The summed E-state index contributed by atoms with van der Waals surface area (Å²) in [5.74, 6) is -0.347. The first kappa shape index (κ1) is 18.3. The Balaban J connectivity index is 1.97. The van der Waals surface area contributed by atoms with Crippen LogP contribution in [0.3, 0.4) is 0 Å². The van der Waals surface area contributed by atoms with Crippen LogP contribution in [0.15, 0.2) is 53.7 Å². The number of hydrogen-bond acceptors (Lipinski definition) is 2. The van der Waals surface area contributed by atoms with Crippen LogP contribution in [0.4, 0.5) is 10.5 Å². The highest BCUT2D eigenvalue weighted by molar-refractivity contribution is 6.32. The second-order valence-electron chi connectivity index (χ2n) is 6.01. The third-order valence-electron chi connectivity index (χ3n) is 4.16. The van der Waals surface area contributed by atoms with Crippen molar-refractivity contribution in [2.45, 2.75) is 19.9 Å². The number of rotatable bonds is 3. The van der Waals surface area contributed by atoms with Crippen molar-refractivity contribution in [3.05, 3.63) is 74.9 Å². The fourth-order valence-corrected chi connectivity index (χ4v) is 3.23. The molecule has 1 aliphatic rings. The number of nitrogens with one attached hydrogen (secondary N) is 3. The smallest absolute Gasteiger partial charge is 0.319 e. The van der Waals surface area contributed by atoms with Crippen LogP contribution < -0.4 is 16.0 Å². The van der Waals surface area contributed by atoms with E-state index in [2.05, 4.69) is 16.0 Å². The number of aryl methyl sites for hydroxylation is 1. The van der Waals surface area contributed by atoms with E-state index < -0.39 is 6.04 Å². The van der Waals surface area contributed by atoms with Gasteiger partial charge in [0.05, 0.1) is 11.6 Å². The van der Waals surface area contributed by atoms with Gasteiger partial charge in [0.2, 0.25) is 0 Å². The van der Waals surface area contributed by atoms with E-state index in [1.807, 2.05) is 13.0 Å². The average molecular weight is 390 g/mol. The van der Waals surface area contributed by atoms with Crippen LogP contribution in [-0.2, 0) is 4.79 Å². The van der Waals surface area contributed by atoms with Crippen molar-refractivity contribution >= 4 is 40.8 Å². The molecule has 0 bridgehead atoms. The van der Waals surface area contributed by atoms with Gasteiger partial charge < -0.3 is 16.0 Å². The van der Waals surface area contributed by atoms with Gasteiger partial charge in [-0.3, -0.25) is 4.79 Å². The SMILES string of the molecule is CC1=C(C(=O)Nc2ccc(C)c(Cl)c2)[C@H](c2ccccc2Cl)NC(=O)N1. The van der Waals surface area contributed by atoms with Gasteiger partial charge in [-0.1, -0.05) is 47.5 Å². The molecule has 5 nitrogen and oxygen atoms in total. The molecule has 0 radical (unpaired) electrons. The summed E-state index contributed by atoms with van der Waals surface area (Å²) in [7, 11) is 0. The van der Waals surface area contributed by atoms with Crippen molar-refractivity contribution < 1.29 is 9.59 Å². The molecule has 1 heterocycles. The lowest BCUT2D eigenvalue weighted by atomic mass is 9.94. The molecule has 0 fully saturated rings. The van der Waals surface area contributed by atoms with E-state index in [1.165, 1.54) is 0 Å². The maximum absolute atomic E-state index is 12.9. The van der Waals surface area contributed by atoms with Crippen LogP contribution >= 0.6 is 23.2 Å². The minimum atomic E-state index is -0.654. The zero-order chi connectivity index (χ0) is 18.8. The molecular formula is C19H17Cl2N3O2. The third kappa shape index (κ3) is 3.69. The van der Waals surface area contributed by atoms with Crippen LogP contribution in [0.25, 0.3) is 0 Å². The van der Waals surface area contributed by atoms with Crippen molar-refractivity contribution in [1.29, 1.82) is 0 Å². The predicted molar refractivity (Wildman–Crippen MR) is 103 cm³/mol. The van der Waals surface area contributed by atoms with E-state index in [9.17, 15) is 9.59 Å². The summed E-state index contributed by atoms with van der Waals surface area (Å²) in [5, 5.41) is 9.26. The monoisotopic (exact) mass is 389 g/mol. The largest absolute Gasteiger partial charge is 0.327 e. The Morgan fingerprint density at radius 2 is 1.81 bits per heavy atom. The van der Waals surface area contributed by atoms with E-state index in [1.54, 1.807) is 43.3 Å². The fraction of sp³-hybridized carbons (Fsp3) is 0.158.